The maximum absolute atomic E-state index is 2.35. The van der Waals surface area contributed by atoms with Gasteiger partial charge in [0.05, 0.1) is 9.52 Å². The van der Waals surface area contributed by atoms with E-state index >= 15 is 0 Å². The molecule has 0 unspecified atom stereocenters. The molecule has 0 aromatic heterocycles. The lowest BCUT2D eigenvalue weighted by molar-refractivity contribution is 1.22. The topological polar surface area (TPSA) is 0 Å². The van der Waals surface area contributed by atoms with Gasteiger partial charge in [-0.2, -0.15) is 0 Å². The highest BCUT2D eigenvalue weighted by Crippen LogP contribution is 2.23. The van der Waals surface area contributed by atoms with Crippen LogP contribution >= 0.6 is 0 Å². The number of benzene rings is 1. The standard InChI is InChI=1S/C15H20Si/c1-10-8-12(3)15(9-10)16-14-7-5-6-11(2)13(14)4/h5-8H,9,16H2,1-4H3. The van der Waals surface area contributed by atoms with Gasteiger partial charge in [-0.15, -0.1) is 0 Å². The predicted octanol–water partition coefficient (Wildman–Crippen LogP) is 2.72. The van der Waals surface area contributed by atoms with Crippen LogP contribution < -0.4 is 5.19 Å². The lowest BCUT2D eigenvalue weighted by Crippen LogP contribution is -2.20. The number of aryl methyl sites for hydroxylation is 1. The molecule has 0 fully saturated rings. The van der Waals surface area contributed by atoms with Crippen molar-refractivity contribution < 1.29 is 0 Å². The van der Waals surface area contributed by atoms with Crippen molar-refractivity contribution in [3.8, 4) is 0 Å². The van der Waals surface area contributed by atoms with Crippen LogP contribution in [0.15, 0.2) is 40.6 Å². The van der Waals surface area contributed by atoms with Crippen molar-refractivity contribution in [2.45, 2.75) is 34.1 Å². The van der Waals surface area contributed by atoms with Crippen LogP contribution in [0.25, 0.3) is 0 Å². The summed E-state index contributed by atoms with van der Waals surface area (Å²) in [6, 6.07) is 6.74. The van der Waals surface area contributed by atoms with Gasteiger partial charge in [-0.05, 0) is 45.2 Å². The van der Waals surface area contributed by atoms with E-state index in [9.17, 15) is 0 Å². The molecular weight excluding hydrogens is 208 g/mol. The summed E-state index contributed by atoms with van der Waals surface area (Å²) in [7, 11) is -0.237. The second-order valence-electron chi connectivity index (χ2n) is 4.99. The van der Waals surface area contributed by atoms with Gasteiger partial charge in [0.15, 0.2) is 0 Å². The van der Waals surface area contributed by atoms with E-state index < -0.39 is 0 Å². The Hall–Kier alpha value is -1.08. The van der Waals surface area contributed by atoms with Crippen LogP contribution in [-0.2, 0) is 0 Å². The highest BCUT2D eigenvalue weighted by Gasteiger charge is 2.12. The van der Waals surface area contributed by atoms with Gasteiger partial charge < -0.3 is 0 Å². The minimum Gasteiger partial charge on any atom is -0.0758 e. The third-order valence-corrected chi connectivity index (χ3v) is 6.01. The molecule has 0 saturated carbocycles. The molecule has 84 valence electrons. The van der Waals surface area contributed by atoms with Crippen molar-refractivity contribution in [3.05, 3.63) is 51.7 Å². The summed E-state index contributed by atoms with van der Waals surface area (Å²) in [4.78, 5) is 0. The first-order valence-electron chi connectivity index (χ1n) is 5.99. The third kappa shape index (κ3) is 2.19. The third-order valence-electron chi connectivity index (χ3n) is 3.63. The minimum absolute atomic E-state index is 0.237. The fourth-order valence-electron chi connectivity index (χ4n) is 2.43. The van der Waals surface area contributed by atoms with Crippen LogP contribution in [0.2, 0.25) is 0 Å². The van der Waals surface area contributed by atoms with Gasteiger partial charge in [-0.1, -0.05) is 45.8 Å². The Morgan fingerprint density at radius 3 is 2.44 bits per heavy atom. The Bertz CT molecular complexity index is 478. The molecule has 0 atom stereocenters. The van der Waals surface area contributed by atoms with E-state index in [-0.39, 0.29) is 9.52 Å². The van der Waals surface area contributed by atoms with Crippen LogP contribution in [0.1, 0.15) is 31.4 Å². The molecule has 0 N–H and O–H groups in total. The van der Waals surface area contributed by atoms with Crippen molar-refractivity contribution in [1.29, 1.82) is 0 Å². The Morgan fingerprint density at radius 1 is 1.06 bits per heavy atom. The zero-order chi connectivity index (χ0) is 11.7. The summed E-state index contributed by atoms with van der Waals surface area (Å²) in [5.41, 5.74) is 6.01. The van der Waals surface area contributed by atoms with Gasteiger partial charge in [0.2, 0.25) is 0 Å². The second-order valence-corrected chi connectivity index (χ2v) is 6.96. The lowest BCUT2D eigenvalue weighted by Gasteiger charge is -2.10. The monoisotopic (exact) mass is 228 g/mol. The molecule has 0 bridgehead atoms. The van der Waals surface area contributed by atoms with Gasteiger partial charge in [0, 0.05) is 0 Å². The van der Waals surface area contributed by atoms with Crippen molar-refractivity contribution >= 4 is 14.7 Å². The average molecular weight is 228 g/mol. The van der Waals surface area contributed by atoms with Gasteiger partial charge in [-0.25, -0.2) is 0 Å². The zero-order valence-electron chi connectivity index (χ0n) is 10.7. The molecule has 1 aliphatic carbocycles. The van der Waals surface area contributed by atoms with E-state index in [1.165, 1.54) is 28.7 Å². The molecule has 1 aromatic carbocycles. The van der Waals surface area contributed by atoms with Gasteiger partial charge in [0.1, 0.15) is 0 Å². The highest BCUT2D eigenvalue weighted by atomic mass is 28.2. The summed E-state index contributed by atoms with van der Waals surface area (Å²) in [5.74, 6) is 0. The van der Waals surface area contributed by atoms with E-state index in [0.29, 0.717) is 0 Å². The summed E-state index contributed by atoms with van der Waals surface area (Å²) in [6.45, 7) is 8.99. The maximum atomic E-state index is 2.35. The minimum atomic E-state index is -0.237. The zero-order valence-corrected chi connectivity index (χ0v) is 12.1. The van der Waals surface area contributed by atoms with Crippen molar-refractivity contribution in [3.63, 3.8) is 0 Å². The Labute approximate surface area is 101 Å². The maximum Gasteiger partial charge on any atom is 0.0835 e. The van der Waals surface area contributed by atoms with Gasteiger partial charge in [0.25, 0.3) is 0 Å². The van der Waals surface area contributed by atoms with E-state index in [1.54, 1.807) is 10.4 Å². The molecular formula is C15H20Si. The number of hydrogen-bond acceptors (Lipinski definition) is 0. The first-order chi connectivity index (χ1) is 7.58. The van der Waals surface area contributed by atoms with Crippen LogP contribution in [0.3, 0.4) is 0 Å². The number of hydrogen-bond donors (Lipinski definition) is 0. The summed E-state index contributed by atoms with van der Waals surface area (Å²) in [6.07, 6.45) is 3.58. The molecule has 0 aliphatic heterocycles. The van der Waals surface area contributed by atoms with Crippen molar-refractivity contribution in [2.24, 2.45) is 0 Å². The molecule has 0 amide bonds. The molecule has 0 saturated heterocycles. The average Bonchev–Trinajstić information content (AvgIpc) is 2.53. The molecule has 2 rings (SSSR count). The van der Waals surface area contributed by atoms with E-state index in [1.807, 2.05) is 0 Å². The fourth-order valence-corrected chi connectivity index (χ4v) is 4.59. The highest BCUT2D eigenvalue weighted by molar-refractivity contribution is 6.62. The summed E-state index contributed by atoms with van der Waals surface area (Å²) in [5, 5.41) is 3.35. The lowest BCUT2D eigenvalue weighted by atomic mass is 10.1. The smallest absolute Gasteiger partial charge is 0.0758 e. The molecule has 0 radical (unpaired) electrons. The van der Waals surface area contributed by atoms with Crippen LogP contribution in [0.5, 0.6) is 0 Å². The van der Waals surface area contributed by atoms with Crippen molar-refractivity contribution in [1.82, 2.24) is 0 Å². The number of rotatable bonds is 2. The van der Waals surface area contributed by atoms with E-state index in [4.69, 9.17) is 0 Å². The first-order valence-corrected chi connectivity index (χ1v) is 7.40. The molecule has 1 aliphatic rings. The summed E-state index contributed by atoms with van der Waals surface area (Å²) >= 11 is 0. The van der Waals surface area contributed by atoms with E-state index in [0.717, 1.165) is 0 Å². The number of allylic oxidation sites excluding steroid dienone is 4. The quantitative estimate of drug-likeness (QED) is 0.683. The van der Waals surface area contributed by atoms with Crippen molar-refractivity contribution in [2.75, 3.05) is 0 Å². The van der Waals surface area contributed by atoms with Crippen LogP contribution in [0.4, 0.5) is 0 Å². The van der Waals surface area contributed by atoms with Gasteiger partial charge >= 0.3 is 0 Å². The normalized spacial score (nSPS) is 16.4. The summed E-state index contributed by atoms with van der Waals surface area (Å²) < 4.78 is 0. The Balaban J connectivity index is 2.23. The Kier molecular flexibility index (Phi) is 3.15. The first kappa shape index (κ1) is 11.4. The fraction of sp³-hybridized carbons (Fsp3) is 0.333. The molecule has 0 heterocycles. The van der Waals surface area contributed by atoms with Crippen LogP contribution in [-0.4, -0.2) is 9.52 Å². The Morgan fingerprint density at radius 2 is 1.81 bits per heavy atom. The predicted molar refractivity (Wildman–Crippen MR) is 75.2 cm³/mol. The van der Waals surface area contributed by atoms with Crippen LogP contribution in [0, 0.1) is 13.8 Å². The SMILES string of the molecule is CC1=CC(C)=C([SiH2]c2cccc(C)c2C)C1. The van der Waals surface area contributed by atoms with Gasteiger partial charge in [-0.3, -0.25) is 0 Å². The molecule has 1 heteroatoms. The molecule has 1 aromatic rings. The molecule has 16 heavy (non-hydrogen) atoms. The van der Waals surface area contributed by atoms with E-state index in [2.05, 4.69) is 52.0 Å². The largest absolute Gasteiger partial charge is 0.0835 e. The molecule has 0 nitrogen and oxygen atoms in total. The second kappa shape index (κ2) is 4.42. The molecule has 0 spiro atoms.